The summed E-state index contributed by atoms with van der Waals surface area (Å²) in [6.45, 7) is 2.25. The van der Waals surface area contributed by atoms with Crippen molar-refractivity contribution in [1.29, 1.82) is 0 Å². The molecule has 2 N–H and O–H groups in total. The lowest BCUT2D eigenvalue weighted by atomic mass is 9.89. The Balaban J connectivity index is 2.05. The molecule has 0 aromatic carbocycles. The topological polar surface area (TPSA) is 48.1 Å². The van der Waals surface area contributed by atoms with Crippen LogP contribution in [0.25, 0.3) is 0 Å². The van der Waals surface area contributed by atoms with Crippen molar-refractivity contribution in [2.24, 2.45) is 5.92 Å². The number of nitrogens with zero attached hydrogens (tertiary/aromatic N) is 1. The highest BCUT2D eigenvalue weighted by Crippen LogP contribution is 2.29. The summed E-state index contributed by atoms with van der Waals surface area (Å²) in [6, 6.07) is 3.41. The third kappa shape index (κ3) is 2.79. The molecule has 0 amide bonds. The van der Waals surface area contributed by atoms with Gasteiger partial charge in [0, 0.05) is 0 Å². The minimum absolute atomic E-state index is 0.233. The van der Waals surface area contributed by atoms with E-state index in [4.69, 9.17) is 22.1 Å². The van der Waals surface area contributed by atoms with Crippen LogP contribution in [0.5, 0.6) is 5.88 Å². The van der Waals surface area contributed by atoms with Crippen molar-refractivity contribution in [3.05, 3.63) is 17.3 Å². The van der Waals surface area contributed by atoms with Crippen molar-refractivity contribution in [3.8, 4) is 5.88 Å². The summed E-state index contributed by atoms with van der Waals surface area (Å²) in [5.74, 6) is 1.20. The minimum atomic E-state index is 0.233. The summed E-state index contributed by atoms with van der Waals surface area (Å²) in [5.41, 5.74) is 6.35. The molecule has 1 aliphatic carbocycles. The van der Waals surface area contributed by atoms with Gasteiger partial charge in [0.05, 0.1) is 5.69 Å². The van der Waals surface area contributed by atoms with Crippen LogP contribution in [-0.2, 0) is 0 Å². The summed E-state index contributed by atoms with van der Waals surface area (Å²) in [4.78, 5) is 4.11. The molecule has 1 aromatic rings. The Morgan fingerprint density at radius 2 is 2.25 bits per heavy atom. The molecule has 3 nitrogen and oxygen atoms in total. The highest BCUT2D eigenvalue weighted by atomic mass is 35.5. The van der Waals surface area contributed by atoms with E-state index < -0.39 is 0 Å². The van der Waals surface area contributed by atoms with Gasteiger partial charge in [0.25, 0.3) is 0 Å². The molecule has 1 heterocycles. The van der Waals surface area contributed by atoms with Crippen LogP contribution in [0.4, 0.5) is 5.69 Å². The molecule has 16 heavy (non-hydrogen) atoms. The van der Waals surface area contributed by atoms with Crippen LogP contribution in [-0.4, -0.2) is 11.1 Å². The summed E-state index contributed by atoms with van der Waals surface area (Å²) in [7, 11) is 0. The smallest absolute Gasteiger partial charge is 0.238 e. The van der Waals surface area contributed by atoms with Crippen LogP contribution in [0.3, 0.4) is 0 Å². The Kier molecular flexibility index (Phi) is 3.54. The van der Waals surface area contributed by atoms with Crippen LogP contribution >= 0.6 is 11.6 Å². The van der Waals surface area contributed by atoms with E-state index in [0.717, 1.165) is 18.8 Å². The second kappa shape index (κ2) is 4.91. The molecular weight excluding hydrogens is 224 g/mol. The van der Waals surface area contributed by atoms with Gasteiger partial charge < -0.3 is 10.5 Å². The van der Waals surface area contributed by atoms with Crippen molar-refractivity contribution in [1.82, 2.24) is 4.98 Å². The summed E-state index contributed by atoms with van der Waals surface area (Å²) >= 11 is 5.82. The van der Waals surface area contributed by atoms with Gasteiger partial charge >= 0.3 is 0 Å². The van der Waals surface area contributed by atoms with Crippen LogP contribution in [0.15, 0.2) is 12.1 Å². The molecule has 1 saturated carbocycles. The molecule has 4 heteroatoms. The Morgan fingerprint density at radius 3 is 3.00 bits per heavy atom. The predicted octanol–water partition coefficient (Wildman–Crippen LogP) is 3.27. The average Bonchev–Trinajstić information content (AvgIpc) is 2.24. The zero-order valence-corrected chi connectivity index (χ0v) is 10.2. The number of halogens is 1. The third-order valence-corrected chi connectivity index (χ3v) is 3.23. The number of rotatable bonds is 2. The maximum absolute atomic E-state index is 5.82. The van der Waals surface area contributed by atoms with E-state index >= 15 is 0 Å². The van der Waals surface area contributed by atoms with Crippen molar-refractivity contribution in [2.75, 3.05) is 5.73 Å². The largest absolute Gasteiger partial charge is 0.473 e. The summed E-state index contributed by atoms with van der Waals surface area (Å²) in [5, 5.41) is 0.424. The van der Waals surface area contributed by atoms with E-state index in [1.807, 2.05) is 0 Å². The van der Waals surface area contributed by atoms with E-state index in [2.05, 4.69) is 11.9 Å². The van der Waals surface area contributed by atoms with Gasteiger partial charge in [-0.1, -0.05) is 24.9 Å². The van der Waals surface area contributed by atoms with E-state index in [-0.39, 0.29) is 6.10 Å². The van der Waals surface area contributed by atoms with Gasteiger partial charge in [-0.3, -0.25) is 0 Å². The van der Waals surface area contributed by atoms with Crippen LogP contribution in [0, 0.1) is 5.92 Å². The minimum Gasteiger partial charge on any atom is -0.473 e. The molecule has 1 fully saturated rings. The monoisotopic (exact) mass is 240 g/mol. The molecule has 0 radical (unpaired) electrons. The number of hydrogen-bond donors (Lipinski definition) is 1. The normalized spacial score (nSPS) is 25.4. The van der Waals surface area contributed by atoms with Gasteiger partial charge in [-0.2, -0.15) is 4.98 Å². The molecule has 2 unspecified atom stereocenters. The first-order chi connectivity index (χ1) is 7.65. The summed E-state index contributed by atoms with van der Waals surface area (Å²) in [6.07, 6.45) is 4.90. The lowest BCUT2D eigenvalue weighted by molar-refractivity contribution is 0.125. The lowest BCUT2D eigenvalue weighted by Crippen LogP contribution is -2.24. The molecule has 0 bridgehead atoms. The second-order valence-electron chi connectivity index (χ2n) is 4.54. The molecule has 0 aliphatic heterocycles. The number of nitrogens with two attached hydrogens (primary N) is 1. The fourth-order valence-corrected chi connectivity index (χ4v) is 2.31. The summed E-state index contributed by atoms with van der Waals surface area (Å²) < 4.78 is 5.82. The van der Waals surface area contributed by atoms with Crippen molar-refractivity contribution >= 4 is 17.3 Å². The number of hydrogen-bond acceptors (Lipinski definition) is 3. The number of nitrogen functional groups attached to an aromatic ring is 1. The van der Waals surface area contributed by atoms with Gasteiger partial charge in [-0.25, -0.2) is 0 Å². The number of pyridine rings is 1. The molecule has 88 valence electrons. The Labute approximate surface area is 101 Å². The first-order valence-corrected chi connectivity index (χ1v) is 6.11. The van der Waals surface area contributed by atoms with Gasteiger partial charge in [0.15, 0.2) is 0 Å². The van der Waals surface area contributed by atoms with Crippen molar-refractivity contribution in [2.45, 2.75) is 38.7 Å². The number of aromatic nitrogens is 1. The van der Waals surface area contributed by atoms with Gasteiger partial charge in [-0.05, 0) is 37.3 Å². The van der Waals surface area contributed by atoms with E-state index in [1.54, 1.807) is 12.1 Å². The number of anilines is 1. The molecule has 0 spiro atoms. The molecule has 1 aliphatic rings. The van der Waals surface area contributed by atoms with E-state index in [9.17, 15) is 0 Å². The zero-order valence-electron chi connectivity index (χ0n) is 9.45. The molecule has 2 rings (SSSR count). The van der Waals surface area contributed by atoms with Crippen LogP contribution < -0.4 is 10.5 Å². The maximum atomic E-state index is 5.82. The second-order valence-corrected chi connectivity index (χ2v) is 4.93. The van der Waals surface area contributed by atoms with Crippen LogP contribution in [0.2, 0.25) is 5.15 Å². The Morgan fingerprint density at radius 1 is 1.44 bits per heavy atom. The van der Waals surface area contributed by atoms with E-state index in [1.165, 1.54) is 12.8 Å². The van der Waals surface area contributed by atoms with Gasteiger partial charge in [-0.15, -0.1) is 0 Å². The SMILES string of the molecule is CC1CCCC(Oc2nc(Cl)ccc2N)C1. The van der Waals surface area contributed by atoms with E-state index in [0.29, 0.717) is 16.7 Å². The standard InChI is InChI=1S/C12H17ClN2O/c1-8-3-2-4-9(7-8)16-12-10(14)5-6-11(13)15-12/h5-6,8-9H,2-4,7,14H2,1H3. The Hall–Kier alpha value is -0.960. The van der Waals surface area contributed by atoms with Gasteiger partial charge in [0.2, 0.25) is 5.88 Å². The maximum Gasteiger partial charge on any atom is 0.238 e. The highest BCUT2D eigenvalue weighted by Gasteiger charge is 2.21. The predicted molar refractivity (Wildman–Crippen MR) is 65.7 cm³/mol. The fraction of sp³-hybridized carbons (Fsp3) is 0.583. The van der Waals surface area contributed by atoms with Crippen molar-refractivity contribution in [3.63, 3.8) is 0 Å². The average molecular weight is 241 g/mol. The number of ether oxygens (including phenoxy) is 1. The lowest BCUT2D eigenvalue weighted by Gasteiger charge is -2.27. The Bertz CT molecular complexity index is 370. The molecule has 1 aromatic heterocycles. The highest BCUT2D eigenvalue weighted by molar-refractivity contribution is 6.29. The van der Waals surface area contributed by atoms with Crippen molar-refractivity contribution < 1.29 is 4.74 Å². The zero-order chi connectivity index (χ0) is 11.5. The molecule has 2 atom stereocenters. The van der Waals surface area contributed by atoms with Gasteiger partial charge in [0.1, 0.15) is 11.3 Å². The first-order valence-electron chi connectivity index (χ1n) is 5.74. The molecule has 0 saturated heterocycles. The quantitative estimate of drug-likeness (QED) is 0.807. The molecular formula is C12H17ClN2O. The third-order valence-electron chi connectivity index (χ3n) is 3.02. The van der Waals surface area contributed by atoms with Crippen LogP contribution in [0.1, 0.15) is 32.6 Å². The first kappa shape index (κ1) is 11.5. The fourth-order valence-electron chi connectivity index (χ4n) is 2.17.